The molecule has 0 saturated heterocycles. The molecule has 1 aromatic rings. The van der Waals surface area contributed by atoms with E-state index in [0.717, 1.165) is 0 Å². The summed E-state index contributed by atoms with van der Waals surface area (Å²) in [4.78, 5) is 29.5. The highest BCUT2D eigenvalue weighted by atomic mass is 32.1. The van der Waals surface area contributed by atoms with Crippen molar-refractivity contribution in [3.8, 4) is 0 Å². The zero-order valence-electron chi connectivity index (χ0n) is 11.8. The van der Waals surface area contributed by atoms with Crippen molar-refractivity contribution in [2.24, 2.45) is 0 Å². The van der Waals surface area contributed by atoms with E-state index >= 15 is 0 Å². The first-order valence-corrected chi connectivity index (χ1v) is 6.68. The zero-order valence-corrected chi connectivity index (χ0v) is 12.6. The normalized spacial score (nSPS) is 12.3. The number of hydrogen-bond acceptors (Lipinski definition) is 7. The van der Waals surface area contributed by atoms with Crippen LogP contribution < -0.4 is 5.32 Å². The highest BCUT2D eigenvalue weighted by molar-refractivity contribution is 7.17. The minimum atomic E-state index is -0.588. The molecular formula is C12H19N3O3S. The van der Waals surface area contributed by atoms with Gasteiger partial charge in [0, 0.05) is 19.5 Å². The van der Waals surface area contributed by atoms with Gasteiger partial charge in [-0.2, -0.15) is 0 Å². The molecule has 0 amide bonds. The Balaban J connectivity index is 2.86. The minimum Gasteiger partial charge on any atom is -0.464 e. The molecule has 0 fully saturated rings. The van der Waals surface area contributed by atoms with Gasteiger partial charge >= 0.3 is 5.97 Å². The number of carbonyl (C=O) groups is 2. The minimum absolute atomic E-state index is 0.0833. The van der Waals surface area contributed by atoms with Crippen molar-refractivity contribution in [3.05, 3.63) is 10.6 Å². The lowest BCUT2D eigenvalue weighted by molar-refractivity contribution is 0.0591. The van der Waals surface area contributed by atoms with Crippen molar-refractivity contribution < 1.29 is 14.3 Å². The maximum Gasteiger partial charge on any atom is 0.358 e. The molecular weight excluding hydrogens is 266 g/mol. The molecule has 1 aromatic heterocycles. The van der Waals surface area contributed by atoms with Gasteiger partial charge in [0.1, 0.15) is 4.88 Å². The van der Waals surface area contributed by atoms with Crippen LogP contribution in [-0.2, 0) is 4.74 Å². The van der Waals surface area contributed by atoms with E-state index in [4.69, 9.17) is 0 Å². The van der Waals surface area contributed by atoms with E-state index in [1.165, 1.54) is 25.4 Å². The maximum absolute atomic E-state index is 11.5. The number of rotatable bonds is 6. The van der Waals surface area contributed by atoms with Crippen LogP contribution in [0.5, 0.6) is 0 Å². The van der Waals surface area contributed by atoms with Gasteiger partial charge in [-0.3, -0.25) is 4.79 Å². The molecule has 1 unspecified atom stereocenters. The Kier molecular flexibility index (Phi) is 5.44. The highest BCUT2D eigenvalue weighted by Crippen LogP contribution is 2.24. The van der Waals surface area contributed by atoms with Gasteiger partial charge in [0.15, 0.2) is 16.6 Å². The van der Waals surface area contributed by atoms with Crippen molar-refractivity contribution in [1.29, 1.82) is 0 Å². The Morgan fingerprint density at radius 1 is 1.47 bits per heavy atom. The molecule has 1 atom stereocenters. The summed E-state index contributed by atoms with van der Waals surface area (Å²) in [6.07, 6.45) is 0. The zero-order chi connectivity index (χ0) is 14.6. The predicted molar refractivity (Wildman–Crippen MR) is 75.1 cm³/mol. The molecule has 0 bridgehead atoms. The second kappa shape index (κ2) is 6.63. The average molecular weight is 285 g/mol. The Morgan fingerprint density at radius 2 is 2.11 bits per heavy atom. The molecule has 0 aliphatic rings. The van der Waals surface area contributed by atoms with Gasteiger partial charge in [0.05, 0.1) is 7.11 Å². The van der Waals surface area contributed by atoms with Gasteiger partial charge in [-0.25, -0.2) is 9.78 Å². The standard InChI is InChI=1S/C12H19N3O3S/c1-7(15(3)4)6-13-12-14-9(11(17)18-5)10(19-12)8(2)16/h7H,6H2,1-5H3,(H,13,14). The van der Waals surface area contributed by atoms with Crippen LogP contribution in [0.1, 0.15) is 34.0 Å². The lowest BCUT2D eigenvalue weighted by Crippen LogP contribution is -2.31. The first-order valence-electron chi connectivity index (χ1n) is 5.87. The average Bonchev–Trinajstić information content (AvgIpc) is 2.79. The summed E-state index contributed by atoms with van der Waals surface area (Å²) < 4.78 is 4.62. The fraction of sp³-hybridized carbons (Fsp3) is 0.583. The van der Waals surface area contributed by atoms with Crippen molar-refractivity contribution in [1.82, 2.24) is 9.88 Å². The fourth-order valence-corrected chi connectivity index (χ4v) is 2.14. The molecule has 0 aliphatic heterocycles. The van der Waals surface area contributed by atoms with Crippen molar-refractivity contribution in [2.45, 2.75) is 19.9 Å². The monoisotopic (exact) mass is 285 g/mol. The predicted octanol–water partition coefficient (Wildman–Crippen LogP) is 1.49. The number of nitrogens with one attached hydrogen (secondary N) is 1. The quantitative estimate of drug-likeness (QED) is 0.631. The number of anilines is 1. The third kappa shape index (κ3) is 4.00. The number of esters is 1. The van der Waals surface area contributed by atoms with Crippen LogP contribution in [0.15, 0.2) is 0 Å². The van der Waals surface area contributed by atoms with Gasteiger partial charge in [0.25, 0.3) is 0 Å². The molecule has 6 nitrogen and oxygen atoms in total. The molecule has 1 N–H and O–H groups in total. The number of carbonyl (C=O) groups excluding carboxylic acids is 2. The topological polar surface area (TPSA) is 71.5 Å². The molecule has 0 radical (unpaired) electrons. The third-order valence-electron chi connectivity index (χ3n) is 2.76. The number of aromatic nitrogens is 1. The molecule has 1 rings (SSSR count). The molecule has 0 spiro atoms. The van der Waals surface area contributed by atoms with Crippen LogP contribution in [0.3, 0.4) is 0 Å². The van der Waals surface area contributed by atoms with Crippen LogP contribution in [0.4, 0.5) is 5.13 Å². The second-order valence-corrected chi connectivity index (χ2v) is 5.44. The number of hydrogen-bond donors (Lipinski definition) is 1. The van der Waals surface area contributed by atoms with E-state index in [9.17, 15) is 9.59 Å². The van der Waals surface area contributed by atoms with Crippen LogP contribution in [0.25, 0.3) is 0 Å². The number of ether oxygens (including phenoxy) is 1. The van der Waals surface area contributed by atoms with E-state index < -0.39 is 5.97 Å². The third-order valence-corrected chi connectivity index (χ3v) is 3.87. The van der Waals surface area contributed by atoms with E-state index in [2.05, 4.69) is 26.9 Å². The van der Waals surface area contributed by atoms with Gasteiger partial charge < -0.3 is 15.0 Å². The van der Waals surface area contributed by atoms with Gasteiger partial charge in [-0.05, 0) is 21.0 Å². The molecule has 7 heteroatoms. The Hall–Kier alpha value is -1.47. The lowest BCUT2D eigenvalue weighted by Gasteiger charge is -2.19. The van der Waals surface area contributed by atoms with Crippen molar-refractivity contribution in [3.63, 3.8) is 0 Å². The van der Waals surface area contributed by atoms with E-state index in [1.54, 1.807) is 0 Å². The van der Waals surface area contributed by atoms with Crippen molar-refractivity contribution >= 4 is 28.2 Å². The summed E-state index contributed by atoms with van der Waals surface area (Å²) in [6.45, 7) is 4.15. The van der Waals surface area contributed by atoms with Gasteiger partial charge in [0.2, 0.25) is 0 Å². The molecule has 0 saturated carbocycles. The lowest BCUT2D eigenvalue weighted by atomic mass is 10.3. The summed E-state index contributed by atoms with van der Waals surface area (Å²) in [5.74, 6) is -0.776. The summed E-state index contributed by atoms with van der Waals surface area (Å²) in [7, 11) is 5.23. The second-order valence-electron chi connectivity index (χ2n) is 4.44. The molecule has 0 aromatic carbocycles. The number of thiazole rings is 1. The van der Waals surface area contributed by atoms with Crippen LogP contribution in [0.2, 0.25) is 0 Å². The van der Waals surface area contributed by atoms with Crippen LogP contribution in [-0.4, -0.2) is 55.4 Å². The van der Waals surface area contributed by atoms with E-state index in [1.807, 2.05) is 14.1 Å². The summed E-state index contributed by atoms with van der Waals surface area (Å²) in [5.41, 5.74) is 0.0833. The number of methoxy groups -OCH3 is 1. The molecule has 19 heavy (non-hydrogen) atoms. The van der Waals surface area contributed by atoms with Crippen LogP contribution in [0, 0.1) is 0 Å². The Bertz CT molecular complexity index is 471. The summed E-state index contributed by atoms with van der Waals surface area (Å²) >= 11 is 1.17. The highest BCUT2D eigenvalue weighted by Gasteiger charge is 2.21. The summed E-state index contributed by atoms with van der Waals surface area (Å²) in [5, 5.41) is 3.68. The van der Waals surface area contributed by atoms with Crippen molar-refractivity contribution in [2.75, 3.05) is 33.1 Å². The van der Waals surface area contributed by atoms with Crippen LogP contribution >= 0.6 is 11.3 Å². The number of Topliss-reactive ketones (excluding diaryl/α,β-unsaturated/α-hetero) is 1. The summed E-state index contributed by atoms with van der Waals surface area (Å²) in [6, 6.07) is 0.311. The number of likely N-dealkylation sites (N-methyl/N-ethyl adjacent to an activating group) is 1. The first-order chi connectivity index (χ1) is 8.86. The van der Waals surface area contributed by atoms with E-state index in [0.29, 0.717) is 22.6 Å². The molecule has 1 heterocycles. The fourth-order valence-electron chi connectivity index (χ4n) is 1.29. The smallest absolute Gasteiger partial charge is 0.358 e. The molecule has 106 valence electrons. The van der Waals surface area contributed by atoms with Gasteiger partial charge in [-0.15, -0.1) is 0 Å². The first kappa shape index (κ1) is 15.6. The Labute approximate surface area is 116 Å². The number of ketones is 1. The maximum atomic E-state index is 11.5. The van der Waals surface area contributed by atoms with Gasteiger partial charge in [-0.1, -0.05) is 11.3 Å². The number of nitrogens with zero attached hydrogens (tertiary/aromatic N) is 2. The molecule has 0 aliphatic carbocycles. The SMILES string of the molecule is COC(=O)c1nc(NCC(C)N(C)C)sc1C(C)=O. The largest absolute Gasteiger partial charge is 0.464 e. The van der Waals surface area contributed by atoms with E-state index in [-0.39, 0.29) is 11.5 Å². The Morgan fingerprint density at radius 3 is 2.58 bits per heavy atom.